The first kappa shape index (κ1) is 17.2. The average molecular weight is 339 g/mol. The molecule has 1 heterocycles. The highest BCUT2D eigenvalue weighted by molar-refractivity contribution is 9.10. The summed E-state index contributed by atoms with van der Waals surface area (Å²) in [4.78, 5) is 23.0. The summed E-state index contributed by atoms with van der Waals surface area (Å²) in [6.45, 7) is 3.02. The van der Waals surface area contributed by atoms with Gasteiger partial charge in [0.25, 0.3) is 5.56 Å². The number of nitrogens with zero attached hydrogens (tertiary/aromatic N) is 1. The van der Waals surface area contributed by atoms with Gasteiger partial charge >= 0.3 is 0 Å². The Morgan fingerprint density at radius 2 is 2.22 bits per heavy atom. The van der Waals surface area contributed by atoms with E-state index in [9.17, 15) is 9.59 Å². The zero-order valence-electron chi connectivity index (χ0n) is 10.1. The van der Waals surface area contributed by atoms with E-state index in [0.717, 1.165) is 4.47 Å². The molecule has 1 unspecified atom stereocenters. The molecule has 0 spiro atoms. The van der Waals surface area contributed by atoms with Crippen molar-refractivity contribution in [3.05, 3.63) is 33.2 Å². The van der Waals surface area contributed by atoms with Crippen LogP contribution in [0.3, 0.4) is 0 Å². The number of hydrogen-bond donors (Lipinski definition) is 2. The van der Waals surface area contributed by atoms with Crippen molar-refractivity contribution in [2.75, 3.05) is 13.1 Å². The van der Waals surface area contributed by atoms with Gasteiger partial charge in [-0.3, -0.25) is 9.59 Å². The number of carbonyl (C=O) groups excluding carboxylic acids is 1. The molecule has 3 N–H and O–H groups in total. The van der Waals surface area contributed by atoms with Crippen LogP contribution in [0, 0.1) is 5.92 Å². The topological polar surface area (TPSA) is 77.1 Å². The van der Waals surface area contributed by atoms with Crippen LogP contribution in [0.15, 0.2) is 27.6 Å². The fourth-order valence-electron chi connectivity index (χ4n) is 1.21. The zero-order valence-corrected chi connectivity index (χ0v) is 12.5. The molecule has 0 aromatic carbocycles. The third-order valence-electron chi connectivity index (χ3n) is 2.31. The fraction of sp³-hybridized carbons (Fsp3) is 0.455. The lowest BCUT2D eigenvalue weighted by Gasteiger charge is -2.11. The van der Waals surface area contributed by atoms with E-state index in [1.807, 2.05) is 6.92 Å². The van der Waals surface area contributed by atoms with Crippen molar-refractivity contribution >= 4 is 34.2 Å². The number of nitrogens with two attached hydrogens (primary N) is 1. The third kappa shape index (κ3) is 5.66. The van der Waals surface area contributed by atoms with E-state index >= 15 is 0 Å². The summed E-state index contributed by atoms with van der Waals surface area (Å²) in [5.41, 5.74) is 5.24. The molecule has 0 radical (unpaired) electrons. The second-order valence-electron chi connectivity index (χ2n) is 3.96. The largest absolute Gasteiger partial charge is 0.354 e. The maximum atomic E-state index is 11.6. The number of amides is 1. The van der Waals surface area contributed by atoms with Crippen LogP contribution < -0.4 is 16.6 Å². The van der Waals surface area contributed by atoms with Crippen LogP contribution in [0.25, 0.3) is 0 Å². The SMILES string of the molecule is CC(CN)CNC(=O)Cn1cc(Br)ccc1=O.Cl. The third-order valence-corrected chi connectivity index (χ3v) is 2.78. The minimum atomic E-state index is -0.199. The normalized spacial score (nSPS) is 11.5. The molecule has 1 rings (SSSR count). The summed E-state index contributed by atoms with van der Waals surface area (Å²) in [6.07, 6.45) is 1.59. The molecule has 0 fully saturated rings. The van der Waals surface area contributed by atoms with Gasteiger partial charge in [-0.05, 0) is 34.5 Å². The van der Waals surface area contributed by atoms with Crippen molar-refractivity contribution in [3.63, 3.8) is 0 Å². The van der Waals surface area contributed by atoms with Gasteiger partial charge in [-0.15, -0.1) is 12.4 Å². The van der Waals surface area contributed by atoms with Crippen molar-refractivity contribution in [1.29, 1.82) is 0 Å². The molecule has 0 bridgehead atoms. The summed E-state index contributed by atoms with van der Waals surface area (Å²) < 4.78 is 2.12. The van der Waals surface area contributed by atoms with Gasteiger partial charge in [-0.25, -0.2) is 0 Å². The highest BCUT2D eigenvalue weighted by Gasteiger charge is 2.06. The predicted molar refractivity (Wildman–Crippen MR) is 76.9 cm³/mol. The molecule has 1 aromatic rings. The Morgan fingerprint density at radius 3 is 2.83 bits per heavy atom. The Labute approximate surface area is 120 Å². The van der Waals surface area contributed by atoms with Crippen LogP contribution in [0.4, 0.5) is 0 Å². The van der Waals surface area contributed by atoms with Gasteiger partial charge in [-0.1, -0.05) is 6.92 Å². The first-order valence-corrected chi connectivity index (χ1v) is 6.15. The monoisotopic (exact) mass is 337 g/mol. The molecular weight excluding hydrogens is 321 g/mol. The Balaban J connectivity index is 0.00000289. The second-order valence-corrected chi connectivity index (χ2v) is 4.87. The lowest BCUT2D eigenvalue weighted by atomic mass is 10.2. The number of rotatable bonds is 5. The van der Waals surface area contributed by atoms with Crippen LogP contribution in [0.2, 0.25) is 0 Å². The molecule has 0 saturated heterocycles. The van der Waals surface area contributed by atoms with E-state index in [1.54, 1.807) is 12.3 Å². The maximum absolute atomic E-state index is 11.6. The summed E-state index contributed by atoms with van der Waals surface area (Å²) in [6, 6.07) is 3.06. The minimum Gasteiger partial charge on any atom is -0.354 e. The van der Waals surface area contributed by atoms with Gasteiger partial charge in [0, 0.05) is 23.3 Å². The van der Waals surface area contributed by atoms with Crippen molar-refractivity contribution in [2.24, 2.45) is 11.7 Å². The van der Waals surface area contributed by atoms with E-state index in [1.165, 1.54) is 10.6 Å². The predicted octanol–water partition coefficient (Wildman–Crippen LogP) is 0.744. The van der Waals surface area contributed by atoms with E-state index in [4.69, 9.17) is 5.73 Å². The maximum Gasteiger partial charge on any atom is 0.251 e. The highest BCUT2D eigenvalue weighted by Crippen LogP contribution is 2.04. The van der Waals surface area contributed by atoms with Gasteiger partial charge in [0.1, 0.15) is 6.54 Å². The van der Waals surface area contributed by atoms with E-state index < -0.39 is 0 Å². The lowest BCUT2D eigenvalue weighted by Crippen LogP contribution is -2.35. The lowest BCUT2D eigenvalue weighted by molar-refractivity contribution is -0.121. The molecular formula is C11H17BrClN3O2. The summed E-state index contributed by atoms with van der Waals surface area (Å²) >= 11 is 3.25. The number of carbonyl (C=O) groups is 1. The molecule has 102 valence electrons. The van der Waals surface area contributed by atoms with Crippen molar-refractivity contribution in [1.82, 2.24) is 9.88 Å². The molecule has 1 atom stereocenters. The molecule has 0 aliphatic carbocycles. The van der Waals surface area contributed by atoms with Crippen molar-refractivity contribution in [3.8, 4) is 0 Å². The molecule has 0 aliphatic rings. The molecule has 0 aliphatic heterocycles. The first-order chi connectivity index (χ1) is 8.02. The van der Waals surface area contributed by atoms with Crippen LogP contribution in [0.5, 0.6) is 0 Å². The van der Waals surface area contributed by atoms with Crippen LogP contribution in [0.1, 0.15) is 6.92 Å². The molecule has 0 saturated carbocycles. The van der Waals surface area contributed by atoms with Crippen LogP contribution >= 0.6 is 28.3 Å². The zero-order chi connectivity index (χ0) is 12.8. The van der Waals surface area contributed by atoms with E-state index in [0.29, 0.717) is 13.1 Å². The smallest absolute Gasteiger partial charge is 0.251 e. The highest BCUT2D eigenvalue weighted by atomic mass is 79.9. The standard InChI is InChI=1S/C11H16BrN3O2.ClH/c1-8(4-13)5-14-10(16)7-15-6-9(12)2-3-11(15)17;/h2-3,6,8H,4-5,7,13H2,1H3,(H,14,16);1H. The molecule has 18 heavy (non-hydrogen) atoms. The van der Waals surface area contributed by atoms with E-state index in [-0.39, 0.29) is 36.3 Å². The first-order valence-electron chi connectivity index (χ1n) is 5.35. The van der Waals surface area contributed by atoms with Crippen LogP contribution in [-0.4, -0.2) is 23.6 Å². The molecule has 1 amide bonds. The Hall–Kier alpha value is -0.850. The molecule has 5 nitrogen and oxygen atoms in total. The summed E-state index contributed by atoms with van der Waals surface area (Å²) in [7, 11) is 0. The second kappa shape index (κ2) is 8.29. The quantitative estimate of drug-likeness (QED) is 0.831. The number of hydrogen-bond acceptors (Lipinski definition) is 3. The van der Waals surface area contributed by atoms with Crippen molar-refractivity contribution < 1.29 is 4.79 Å². The Kier molecular flexibility index (Phi) is 7.90. The van der Waals surface area contributed by atoms with Gasteiger partial charge < -0.3 is 15.6 Å². The van der Waals surface area contributed by atoms with Gasteiger partial charge in [-0.2, -0.15) is 0 Å². The van der Waals surface area contributed by atoms with Crippen molar-refractivity contribution in [2.45, 2.75) is 13.5 Å². The number of nitrogens with one attached hydrogen (secondary N) is 1. The summed E-state index contributed by atoms with van der Waals surface area (Å²) in [5, 5.41) is 2.73. The number of halogens is 2. The van der Waals surface area contributed by atoms with Gasteiger partial charge in [0.2, 0.25) is 5.91 Å². The molecule has 1 aromatic heterocycles. The Morgan fingerprint density at radius 1 is 1.56 bits per heavy atom. The van der Waals surface area contributed by atoms with Crippen LogP contribution in [-0.2, 0) is 11.3 Å². The van der Waals surface area contributed by atoms with Gasteiger partial charge in [0.05, 0.1) is 0 Å². The summed E-state index contributed by atoms with van der Waals surface area (Å²) in [5.74, 6) is 0.0451. The van der Waals surface area contributed by atoms with Gasteiger partial charge in [0.15, 0.2) is 0 Å². The van der Waals surface area contributed by atoms with E-state index in [2.05, 4.69) is 21.2 Å². The Bertz CT molecular complexity index is 450. The number of pyridine rings is 1. The number of aromatic nitrogens is 1. The average Bonchev–Trinajstić information content (AvgIpc) is 2.30. The minimum absolute atomic E-state index is 0. The fourth-order valence-corrected chi connectivity index (χ4v) is 1.59. The molecule has 7 heteroatoms.